The molecule has 0 saturated carbocycles. The summed E-state index contributed by atoms with van der Waals surface area (Å²) in [4.78, 5) is 11.9. The van der Waals surface area contributed by atoms with Gasteiger partial charge in [-0.3, -0.25) is 0 Å². The molecule has 3 heteroatoms. The highest BCUT2D eigenvalue weighted by atomic mass is 16.5. The van der Waals surface area contributed by atoms with E-state index in [-0.39, 0.29) is 12.2 Å². The number of esters is 1. The second-order valence-electron chi connectivity index (χ2n) is 4.51. The molecule has 0 aliphatic rings. The number of carbonyl (C=O) groups is 1. The molecule has 0 N–H and O–H groups in total. The van der Waals surface area contributed by atoms with Crippen molar-refractivity contribution in [3.63, 3.8) is 0 Å². The summed E-state index contributed by atoms with van der Waals surface area (Å²) in [5.41, 5.74) is 1.85. The Balaban J connectivity index is 3.13. The fraction of sp³-hybridized carbons (Fsp3) is 0.412. The van der Waals surface area contributed by atoms with Crippen molar-refractivity contribution in [1.29, 1.82) is 5.26 Å². The summed E-state index contributed by atoms with van der Waals surface area (Å²) in [5, 5.41) is 9.30. The lowest BCUT2D eigenvalue weighted by Gasteiger charge is -2.10. The van der Waals surface area contributed by atoms with Crippen LogP contribution in [0.3, 0.4) is 0 Å². The molecular weight excluding hydrogens is 250 g/mol. The van der Waals surface area contributed by atoms with Gasteiger partial charge in [0.2, 0.25) is 0 Å². The average Bonchev–Trinajstić information content (AvgIpc) is 2.48. The summed E-state index contributed by atoms with van der Waals surface area (Å²) >= 11 is 0. The first kappa shape index (κ1) is 16.0. The molecule has 3 nitrogen and oxygen atoms in total. The molecule has 1 aromatic carbocycles. The van der Waals surface area contributed by atoms with Crippen molar-refractivity contribution in [2.45, 2.75) is 39.5 Å². The molecule has 0 aliphatic carbocycles. The molecule has 0 spiro atoms. The van der Waals surface area contributed by atoms with Crippen molar-refractivity contribution in [2.75, 3.05) is 6.61 Å². The normalized spacial score (nSPS) is 11.4. The van der Waals surface area contributed by atoms with Crippen LogP contribution >= 0.6 is 0 Å². The van der Waals surface area contributed by atoms with Crippen LogP contribution in [0.15, 0.2) is 35.9 Å². The fourth-order valence-corrected chi connectivity index (χ4v) is 2.04. The van der Waals surface area contributed by atoms with Crippen LogP contribution in [0, 0.1) is 11.3 Å². The van der Waals surface area contributed by atoms with Gasteiger partial charge in [0, 0.05) is 0 Å². The van der Waals surface area contributed by atoms with Gasteiger partial charge in [0.15, 0.2) is 0 Å². The van der Waals surface area contributed by atoms with E-state index in [2.05, 4.69) is 6.92 Å². The zero-order valence-electron chi connectivity index (χ0n) is 12.2. The van der Waals surface area contributed by atoms with E-state index in [1.165, 1.54) is 0 Å². The molecule has 0 radical (unpaired) electrons. The summed E-state index contributed by atoms with van der Waals surface area (Å²) in [6, 6.07) is 11.6. The van der Waals surface area contributed by atoms with Crippen molar-refractivity contribution in [2.24, 2.45) is 0 Å². The van der Waals surface area contributed by atoms with E-state index in [9.17, 15) is 10.1 Å². The predicted octanol–water partition coefficient (Wildman–Crippen LogP) is 4.11. The lowest BCUT2D eigenvalue weighted by molar-refractivity contribution is -0.137. The molecule has 0 heterocycles. The number of nitrogens with zero attached hydrogens (tertiary/aromatic N) is 1. The first-order valence-electron chi connectivity index (χ1n) is 7.10. The van der Waals surface area contributed by atoms with Crippen LogP contribution in [-0.4, -0.2) is 12.6 Å². The zero-order chi connectivity index (χ0) is 14.8. The van der Waals surface area contributed by atoms with Gasteiger partial charge < -0.3 is 4.74 Å². The number of rotatable bonds is 7. The molecule has 20 heavy (non-hydrogen) atoms. The maximum absolute atomic E-state index is 11.9. The van der Waals surface area contributed by atoms with Crippen molar-refractivity contribution in [3.8, 4) is 6.07 Å². The Morgan fingerprint density at radius 3 is 2.45 bits per heavy atom. The van der Waals surface area contributed by atoms with E-state index in [1.54, 1.807) is 6.92 Å². The predicted molar refractivity (Wildman–Crippen MR) is 79.8 cm³/mol. The van der Waals surface area contributed by atoms with Gasteiger partial charge >= 0.3 is 5.97 Å². The van der Waals surface area contributed by atoms with Crippen LogP contribution in [0.25, 0.3) is 5.57 Å². The Kier molecular flexibility index (Phi) is 7.13. The maximum atomic E-state index is 11.9. The first-order chi connectivity index (χ1) is 9.74. The highest BCUT2D eigenvalue weighted by molar-refractivity contribution is 6.01. The number of allylic oxidation sites excluding steroid dienone is 1. The van der Waals surface area contributed by atoms with Crippen LogP contribution in [0.2, 0.25) is 0 Å². The van der Waals surface area contributed by atoms with Gasteiger partial charge in [-0.1, -0.05) is 50.1 Å². The molecule has 1 aromatic rings. The molecule has 0 amide bonds. The number of benzene rings is 1. The monoisotopic (exact) mass is 271 g/mol. The van der Waals surface area contributed by atoms with E-state index >= 15 is 0 Å². The number of hydrogen-bond acceptors (Lipinski definition) is 3. The van der Waals surface area contributed by atoms with Crippen LogP contribution < -0.4 is 0 Å². The third-order valence-electron chi connectivity index (χ3n) is 3.05. The van der Waals surface area contributed by atoms with Gasteiger partial charge in [0.25, 0.3) is 0 Å². The largest absolute Gasteiger partial charge is 0.462 e. The molecule has 106 valence electrons. The zero-order valence-corrected chi connectivity index (χ0v) is 12.2. The Hall–Kier alpha value is -2.08. The molecule has 0 bridgehead atoms. The van der Waals surface area contributed by atoms with Crippen molar-refractivity contribution in [3.05, 3.63) is 41.5 Å². The Labute approximate surface area is 120 Å². The minimum atomic E-state index is -0.523. The molecule has 0 aliphatic heterocycles. The molecule has 0 fully saturated rings. The molecular formula is C17H21NO2. The maximum Gasteiger partial charge on any atom is 0.349 e. The van der Waals surface area contributed by atoms with Gasteiger partial charge in [0.05, 0.1) is 6.61 Å². The van der Waals surface area contributed by atoms with Gasteiger partial charge in [-0.2, -0.15) is 5.26 Å². The first-order valence-corrected chi connectivity index (χ1v) is 7.10. The van der Waals surface area contributed by atoms with E-state index < -0.39 is 5.97 Å². The van der Waals surface area contributed by atoms with Gasteiger partial charge in [-0.25, -0.2) is 4.79 Å². The standard InChI is InChI=1S/C17H21NO2/c1-3-5-7-12-15(14-10-8-6-9-11-14)16(13-18)17(19)20-4-2/h6,8-11H,3-5,7,12H2,1-2H3. The summed E-state index contributed by atoms with van der Waals surface area (Å²) in [6.45, 7) is 4.15. The van der Waals surface area contributed by atoms with Crippen molar-refractivity contribution < 1.29 is 9.53 Å². The Morgan fingerprint density at radius 1 is 1.20 bits per heavy atom. The number of ether oxygens (including phenoxy) is 1. The molecule has 0 aromatic heterocycles. The fourth-order valence-electron chi connectivity index (χ4n) is 2.04. The van der Waals surface area contributed by atoms with E-state index in [0.717, 1.165) is 36.8 Å². The second-order valence-corrected chi connectivity index (χ2v) is 4.51. The molecule has 0 atom stereocenters. The lowest BCUT2D eigenvalue weighted by atomic mass is 9.95. The van der Waals surface area contributed by atoms with E-state index in [1.807, 2.05) is 36.4 Å². The van der Waals surface area contributed by atoms with Crippen molar-refractivity contribution in [1.82, 2.24) is 0 Å². The molecule has 0 saturated heterocycles. The number of unbranched alkanes of at least 4 members (excludes halogenated alkanes) is 2. The van der Waals surface area contributed by atoms with Crippen molar-refractivity contribution >= 4 is 11.5 Å². The quantitative estimate of drug-likeness (QED) is 0.324. The molecule has 0 unspecified atom stereocenters. The lowest BCUT2D eigenvalue weighted by Crippen LogP contribution is -2.09. The average molecular weight is 271 g/mol. The highest BCUT2D eigenvalue weighted by Crippen LogP contribution is 2.25. The van der Waals surface area contributed by atoms with E-state index in [0.29, 0.717) is 0 Å². The SMILES string of the molecule is CCCCCC(=C(C#N)C(=O)OCC)c1ccccc1. The summed E-state index contributed by atoms with van der Waals surface area (Å²) in [6.07, 6.45) is 3.87. The second kappa shape index (κ2) is 8.92. The Bertz CT molecular complexity index is 497. The third-order valence-corrected chi connectivity index (χ3v) is 3.05. The molecule has 1 rings (SSSR count). The topological polar surface area (TPSA) is 50.1 Å². The Morgan fingerprint density at radius 2 is 1.90 bits per heavy atom. The summed E-state index contributed by atoms with van der Waals surface area (Å²) in [7, 11) is 0. The summed E-state index contributed by atoms with van der Waals surface area (Å²) in [5.74, 6) is -0.523. The smallest absolute Gasteiger partial charge is 0.349 e. The highest BCUT2D eigenvalue weighted by Gasteiger charge is 2.17. The van der Waals surface area contributed by atoms with Crippen LogP contribution in [0.1, 0.15) is 45.1 Å². The van der Waals surface area contributed by atoms with Crippen LogP contribution in [0.5, 0.6) is 0 Å². The van der Waals surface area contributed by atoms with E-state index in [4.69, 9.17) is 4.74 Å². The number of carbonyl (C=O) groups excluding carboxylic acids is 1. The summed E-state index contributed by atoms with van der Waals surface area (Å²) < 4.78 is 4.98. The minimum Gasteiger partial charge on any atom is -0.462 e. The minimum absolute atomic E-state index is 0.133. The third kappa shape index (κ3) is 4.55. The van der Waals surface area contributed by atoms with Gasteiger partial charge in [0.1, 0.15) is 11.6 Å². The van der Waals surface area contributed by atoms with Crippen LogP contribution in [-0.2, 0) is 9.53 Å². The number of nitriles is 1. The number of hydrogen-bond donors (Lipinski definition) is 0. The van der Waals surface area contributed by atoms with Crippen LogP contribution in [0.4, 0.5) is 0 Å². The van der Waals surface area contributed by atoms with Gasteiger partial charge in [-0.05, 0) is 30.9 Å². The van der Waals surface area contributed by atoms with Gasteiger partial charge in [-0.15, -0.1) is 0 Å².